The molecule has 6 heteroatoms. The number of carbonyl (C=O) groups is 2. The standard InChI is InChI=1S/C18H22N2O3S/c1-3-16(13-4-6-15(23-2)7-5-13)20-17(21)8-10-19-18(22)14-9-11-24-12-14/h4-7,9,11-12,16H,3,8,10H2,1-2H3,(H,19,22)(H,20,21). The Morgan fingerprint density at radius 1 is 1.21 bits per heavy atom. The summed E-state index contributed by atoms with van der Waals surface area (Å²) < 4.78 is 5.14. The first-order valence-corrected chi connectivity index (χ1v) is 8.82. The van der Waals surface area contributed by atoms with E-state index >= 15 is 0 Å². The number of rotatable bonds is 8. The van der Waals surface area contributed by atoms with Crippen LogP contribution >= 0.6 is 11.3 Å². The maximum absolute atomic E-state index is 12.1. The minimum Gasteiger partial charge on any atom is -0.497 e. The summed E-state index contributed by atoms with van der Waals surface area (Å²) in [6, 6.07) is 9.38. The van der Waals surface area contributed by atoms with Crippen LogP contribution in [0.4, 0.5) is 0 Å². The van der Waals surface area contributed by atoms with E-state index in [9.17, 15) is 9.59 Å². The van der Waals surface area contributed by atoms with Gasteiger partial charge in [0.1, 0.15) is 5.75 Å². The van der Waals surface area contributed by atoms with Gasteiger partial charge in [-0.1, -0.05) is 19.1 Å². The molecule has 2 amide bonds. The second kappa shape index (κ2) is 9.08. The third-order valence-corrected chi connectivity index (χ3v) is 4.37. The lowest BCUT2D eigenvalue weighted by atomic mass is 10.0. The van der Waals surface area contributed by atoms with Crippen molar-refractivity contribution in [1.82, 2.24) is 10.6 Å². The van der Waals surface area contributed by atoms with E-state index in [0.717, 1.165) is 17.7 Å². The van der Waals surface area contributed by atoms with E-state index in [2.05, 4.69) is 10.6 Å². The average Bonchev–Trinajstić information content (AvgIpc) is 3.14. The molecule has 0 fully saturated rings. The van der Waals surface area contributed by atoms with E-state index in [1.807, 2.05) is 36.6 Å². The SMILES string of the molecule is CCC(NC(=O)CCNC(=O)c1ccsc1)c1ccc(OC)cc1. The molecule has 0 saturated heterocycles. The van der Waals surface area contributed by atoms with Gasteiger partial charge in [0.05, 0.1) is 13.2 Å². The number of hydrogen-bond acceptors (Lipinski definition) is 4. The fraction of sp³-hybridized carbons (Fsp3) is 0.333. The highest BCUT2D eigenvalue weighted by Gasteiger charge is 2.13. The highest BCUT2D eigenvalue weighted by Crippen LogP contribution is 2.20. The summed E-state index contributed by atoms with van der Waals surface area (Å²) in [5.41, 5.74) is 1.67. The Balaban J connectivity index is 1.80. The fourth-order valence-electron chi connectivity index (χ4n) is 2.31. The van der Waals surface area contributed by atoms with Gasteiger partial charge in [-0.15, -0.1) is 0 Å². The summed E-state index contributed by atoms with van der Waals surface area (Å²) in [6.45, 7) is 2.34. The highest BCUT2D eigenvalue weighted by atomic mass is 32.1. The van der Waals surface area contributed by atoms with Crippen molar-refractivity contribution in [2.45, 2.75) is 25.8 Å². The van der Waals surface area contributed by atoms with E-state index < -0.39 is 0 Å². The van der Waals surface area contributed by atoms with Gasteiger partial charge in [0.2, 0.25) is 5.91 Å². The summed E-state index contributed by atoms with van der Waals surface area (Å²) in [4.78, 5) is 23.9. The number of thiophene rings is 1. The molecule has 2 aromatic rings. The quantitative estimate of drug-likeness (QED) is 0.771. The number of carbonyl (C=O) groups excluding carboxylic acids is 2. The van der Waals surface area contributed by atoms with Gasteiger partial charge >= 0.3 is 0 Å². The molecule has 128 valence electrons. The van der Waals surface area contributed by atoms with Crippen molar-refractivity contribution in [1.29, 1.82) is 0 Å². The Kier molecular flexibility index (Phi) is 6.81. The van der Waals surface area contributed by atoms with Crippen LogP contribution in [-0.4, -0.2) is 25.5 Å². The van der Waals surface area contributed by atoms with E-state index in [-0.39, 0.29) is 24.3 Å². The summed E-state index contributed by atoms with van der Waals surface area (Å²) in [5.74, 6) is 0.561. The van der Waals surface area contributed by atoms with Crippen molar-refractivity contribution in [2.24, 2.45) is 0 Å². The normalized spacial score (nSPS) is 11.6. The molecule has 0 aliphatic heterocycles. The van der Waals surface area contributed by atoms with E-state index in [4.69, 9.17) is 4.74 Å². The number of nitrogens with one attached hydrogen (secondary N) is 2. The highest BCUT2D eigenvalue weighted by molar-refractivity contribution is 7.08. The van der Waals surface area contributed by atoms with Crippen molar-refractivity contribution in [3.63, 3.8) is 0 Å². The van der Waals surface area contributed by atoms with Gasteiger partial charge < -0.3 is 15.4 Å². The van der Waals surface area contributed by atoms with Crippen molar-refractivity contribution in [3.8, 4) is 5.75 Å². The van der Waals surface area contributed by atoms with Crippen LogP contribution in [0.25, 0.3) is 0 Å². The van der Waals surface area contributed by atoms with Crippen LogP contribution in [0.1, 0.15) is 41.7 Å². The van der Waals surface area contributed by atoms with Gasteiger partial charge in [0, 0.05) is 23.9 Å². The first-order valence-electron chi connectivity index (χ1n) is 7.87. The summed E-state index contributed by atoms with van der Waals surface area (Å²) in [5, 5.41) is 9.39. The lowest BCUT2D eigenvalue weighted by molar-refractivity contribution is -0.121. The molecule has 0 bridgehead atoms. The number of hydrogen-bond donors (Lipinski definition) is 2. The molecule has 0 saturated carbocycles. The molecular weight excluding hydrogens is 324 g/mol. The first-order chi connectivity index (χ1) is 11.6. The van der Waals surface area contributed by atoms with Gasteiger partial charge in [-0.3, -0.25) is 9.59 Å². The molecule has 1 aromatic carbocycles. The molecule has 1 atom stereocenters. The van der Waals surface area contributed by atoms with Crippen LogP contribution in [0.3, 0.4) is 0 Å². The molecular formula is C18H22N2O3S. The zero-order valence-corrected chi connectivity index (χ0v) is 14.7. The van der Waals surface area contributed by atoms with Gasteiger partial charge in [-0.2, -0.15) is 11.3 Å². The third kappa shape index (κ3) is 5.09. The molecule has 2 rings (SSSR count). The van der Waals surface area contributed by atoms with Crippen LogP contribution in [0.15, 0.2) is 41.1 Å². The Labute approximate surface area is 146 Å². The van der Waals surface area contributed by atoms with E-state index in [1.54, 1.807) is 18.6 Å². The van der Waals surface area contributed by atoms with Crippen molar-refractivity contribution < 1.29 is 14.3 Å². The molecule has 5 nitrogen and oxygen atoms in total. The molecule has 0 spiro atoms. The molecule has 0 radical (unpaired) electrons. The van der Waals surface area contributed by atoms with Crippen LogP contribution in [0.2, 0.25) is 0 Å². The topological polar surface area (TPSA) is 67.4 Å². The zero-order valence-electron chi connectivity index (χ0n) is 13.9. The van der Waals surface area contributed by atoms with E-state index in [0.29, 0.717) is 12.1 Å². The van der Waals surface area contributed by atoms with Crippen LogP contribution in [-0.2, 0) is 4.79 Å². The molecule has 24 heavy (non-hydrogen) atoms. The fourth-order valence-corrected chi connectivity index (χ4v) is 2.95. The zero-order chi connectivity index (χ0) is 17.4. The summed E-state index contributed by atoms with van der Waals surface area (Å²) >= 11 is 1.47. The monoisotopic (exact) mass is 346 g/mol. The van der Waals surface area contributed by atoms with Crippen molar-refractivity contribution in [2.75, 3.05) is 13.7 Å². The van der Waals surface area contributed by atoms with Crippen LogP contribution < -0.4 is 15.4 Å². The number of methoxy groups -OCH3 is 1. The Bertz CT molecular complexity index is 653. The van der Waals surface area contributed by atoms with Crippen LogP contribution in [0, 0.1) is 0 Å². The number of ether oxygens (including phenoxy) is 1. The Morgan fingerprint density at radius 3 is 2.54 bits per heavy atom. The first kappa shape index (κ1) is 18.0. The smallest absolute Gasteiger partial charge is 0.252 e. The van der Waals surface area contributed by atoms with Gasteiger partial charge in [-0.05, 0) is 35.6 Å². The van der Waals surface area contributed by atoms with Crippen molar-refractivity contribution in [3.05, 3.63) is 52.2 Å². The van der Waals surface area contributed by atoms with Crippen LogP contribution in [0.5, 0.6) is 5.75 Å². The lowest BCUT2D eigenvalue weighted by Gasteiger charge is -2.18. The maximum atomic E-state index is 12.1. The lowest BCUT2D eigenvalue weighted by Crippen LogP contribution is -2.32. The second-order valence-electron chi connectivity index (χ2n) is 5.32. The van der Waals surface area contributed by atoms with E-state index in [1.165, 1.54) is 11.3 Å². The molecule has 1 unspecified atom stereocenters. The maximum Gasteiger partial charge on any atom is 0.252 e. The minimum absolute atomic E-state index is 0.0454. The third-order valence-electron chi connectivity index (χ3n) is 3.68. The van der Waals surface area contributed by atoms with Gasteiger partial charge in [-0.25, -0.2) is 0 Å². The predicted molar refractivity (Wildman–Crippen MR) is 95.4 cm³/mol. The molecule has 2 N–H and O–H groups in total. The molecule has 1 aromatic heterocycles. The molecule has 0 aliphatic carbocycles. The number of benzene rings is 1. The second-order valence-corrected chi connectivity index (χ2v) is 6.10. The summed E-state index contributed by atoms with van der Waals surface area (Å²) in [7, 11) is 1.62. The minimum atomic E-state index is -0.147. The van der Waals surface area contributed by atoms with Crippen molar-refractivity contribution >= 4 is 23.2 Å². The molecule has 1 heterocycles. The summed E-state index contributed by atoms with van der Waals surface area (Å²) in [6.07, 6.45) is 1.04. The van der Waals surface area contributed by atoms with Gasteiger partial charge in [0.25, 0.3) is 5.91 Å². The van der Waals surface area contributed by atoms with Gasteiger partial charge in [0.15, 0.2) is 0 Å². The molecule has 0 aliphatic rings. The number of amides is 2. The Hall–Kier alpha value is -2.34. The largest absolute Gasteiger partial charge is 0.497 e. The Morgan fingerprint density at radius 2 is 1.96 bits per heavy atom. The average molecular weight is 346 g/mol. The predicted octanol–water partition coefficient (Wildman–Crippen LogP) is 3.14.